The minimum Gasteiger partial charge on any atom is -0.416 e. The maximum atomic E-state index is 6.03. The van der Waals surface area contributed by atoms with E-state index in [0.717, 1.165) is 45.3 Å². The van der Waals surface area contributed by atoms with E-state index in [-0.39, 0.29) is 0 Å². The van der Waals surface area contributed by atoms with Crippen LogP contribution >= 0.6 is 0 Å². The van der Waals surface area contributed by atoms with E-state index in [4.69, 9.17) is 4.42 Å². The van der Waals surface area contributed by atoms with Crippen LogP contribution in [0.4, 0.5) is 34.1 Å². The summed E-state index contributed by atoms with van der Waals surface area (Å²) >= 11 is 0. The third-order valence-electron chi connectivity index (χ3n) is 8.44. The monoisotopic (exact) mass is 632 g/mol. The molecule has 0 aliphatic heterocycles. The molecule has 5 nitrogen and oxygen atoms in total. The van der Waals surface area contributed by atoms with Crippen LogP contribution in [0.15, 0.2) is 199 Å². The number of aromatic nitrogens is 2. The first kappa shape index (κ1) is 29.7. The molecule has 0 fully saturated rings. The molecule has 0 amide bonds. The van der Waals surface area contributed by atoms with E-state index < -0.39 is 0 Å². The van der Waals surface area contributed by atoms with Crippen LogP contribution < -0.4 is 9.80 Å². The zero-order chi connectivity index (χ0) is 32.8. The Kier molecular flexibility index (Phi) is 8.21. The molecule has 234 valence electrons. The molecular weight excluding hydrogens is 601 g/mol. The molecule has 8 rings (SSSR count). The highest BCUT2D eigenvalue weighted by Gasteiger charge is 2.19. The van der Waals surface area contributed by atoms with Crippen molar-refractivity contribution in [3.05, 3.63) is 194 Å². The number of nitrogens with zero attached hydrogens (tertiary/aromatic N) is 4. The standard InChI is InChI=1S/C44H32N4O/c1-5-15-33(16-6-1)41-23-13-14-24-42(41)48(37-21-11-4-12-22-37)40-31-29-39(30-32-40)47(36-19-9-3-10-20-36)38-27-25-35(26-28-38)44-46-45-43(49-44)34-17-7-2-8-18-34/h1-32H. The van der Waals surface area contributed by atoms with Gasteiger partial charge in [0.2, 0.25) is 11.8 Å². The lowest BCUT2D eigenvalue weighted by molar-refractivity contribution is 0.584. The Morgan fingerprint density at radius 3 is 1.22 bits per heavy atom. The van der Waals surface area contributed by atoms with Crippen molar-refractivity contribution in [1.29, 1.82) is 0 Å². The molecule has 0 saturated heterocycles. The Labute approximate surface area is 286 Å². The third kappa shape index (κ3) is 6.21. The zero-order valence-corrected chi connectivity index (χ0v) is 26.7. The maximum Gasteiger partial charge on any atom is 0.248 e. The Morgan fingerprint density at radius 2 is 0.673 bits per heavy atom. The lowest BCUT2D eigenvalue weighted by Gasteiger charge is -2.29. The van der Waals surface area contributed by atoms with Gasteiger partial charge in [0.05, 0.1) is 5.69 Å². The zero-order valence-electron chi connectivity index (χ0n) is 26.7. The fourth-order valence-corrected chi connectivity index (χ4v) is 6.10. The van der Waals surface area contributed by atoms with Gasteiger partial charge in [-0.2, -0.15) is 0 Å². The van der Waals surface area contributed by atoms with Gasteiger partial charge in [0.1, 0.15) is 0 Å². The van der Waals surface area contributed by atoms with Gasteiger partial charge in [0, 0.05) is 45.1 Å². The Bertz CT molecular complexity index is 2250. The molecule has 0 aliphatic rings. The van der Waals surface area contributed by atoms with Crippen LogP contribution in [0.1, 0.15) is 0 Å². The summed E-state index contributed by atoms with van der Waals surface area (Å²) < 4.78 is 6.03. The second-order valence-corrected chi connectivity index (χ2v) is 11.6. The summed E-state index contributed by atoms with van der Waals surface area (Å²) in [7, 11) is 0. The molecule has 1 heterocycles. The first-order chi connectivity index (χ1) is 24.3. The van der Waals surface area contributed by atoms with Gasteiger partial charge in [0.25, 0.3) is 0 Å². The van der Waals surface area contributed by atoms with Crippen molar-refractivity contribution >= 4 is 34.1 Å². The first-order valence-electron chi connectivity index (χ1n) is 16.3. The van der Waals surface area contributed by atoms with Crippen molar-refractivity contribution in [3.63, 3.8) is 0 Å². The topological polar surface area (TPSA) is 45.4 Å². The molecule has 0 atom stereocenters. The van der Waals surface area contributed by atoms with Gasteiger partial charge in [0.15, 0.2) is 0 Å². The number of benzene rings is 7. The molecule has 0 bridgehead atoms. The van der Waals surface area contributed by atoms with E-state index in [2.05, 4.69) is 166 Å². The lowest BCUT2D eigenvalue weighted by Crippen LogP contribution is -2.12. The third-order valence-corrected chi connectivity index (χ3v) is 8.44. The molecule has 0 aliphatic carbocycles. The molecule has 0 radical (unpaired) electrons. The molecule has 0 saturated carbocycles. The summed E-state index contributed by atoms with van der Waals surface area (Å²) in [6.07, 6.45) is 0. The highest BCUT2D eigenvalue weighted by molar-refractivity contribution is 5.89. The van der Waals surface area contributed by atoms with Crippen LogP contribution in [0.2, 0.25) is 0 Å². The van der Waals surface area contributed by atoms with E-state index in [1.165, 1.54) is 11.1 Å². The van der Waals surface area contributed by atoms with Crippen molar-refractivity contribution in [1.82, 2.24) is 10.2 Å². The largest absolute Gasteiger partial charge is 0.416 e. The van der Waals surface area contributed by atoms with Gasteiger partial charge in [-0.25, -0.2) is 0 Å². The molecule has 0 spiro atoms. The number of hydrogen-bond donors (Lipinski definition) is 0. The van der Waals surface area contributed by atoms with Gasteiger partial charge >= 0.3 is 0 Å². The normalized spacial score (nSPS) is 10.9. The van der Waals surface area contributed by atoms with Crippen LogP contribution in [0.5, 0.6) is 0 Å². The van der Waals surface area contributed by atoms with Crippen LogP contribution in [0, 0.1) is 0 Å². The van der Waals surface area contributed by atoms with Crippen LogP contribution in [-0.4, -0.2) is 10.2 Å². The van der Waals surface area contributed by atoms with Crippen molar-refractivity contribution in [2.24, 2.45) is 0 Å². The SMILES string of the molecule is c1ccc(-c2nnc(-c3ccc(N(c4ccccc4)c4ccc(N(c5ccccc5)c5ccccc5-c5ccccc5)cc4)cc3)o2)cc1. The fourth-order valence-electron chi connectivity index (χ4n) is 6.10. The van der Waals surface area contributed by atoms with Crippen LogP contribution in [0.3, 0.4) is 0 Å². The highest BCUT2D eigenvalue weighted by atomic mass is 16.4. The molecule has 8 aromatic rings. The van der Waals surface area contributed by atoms with Gasteiger partial charge in [-0.05, 0) is 96.6 Å². The van der Waals surface area contributed by atoms with E-state index >= 15 is 0 Å². The smallest absolute Gasteiger partial charge is 0.248 e. The summed E-state index contributed by atoms with van der Waals surface area (Å²) in [6, 6.07) is 66.9. The van der Waals surface area contributed by atoms with Gasteiger partial charge in [-0.3, -0.25) is 0 Å². The minimum atomic E-state index is 0.484. The van der Waals surface area contributed by atoms with Crippen molar-refractivity contribution in [2.45, 2.75) is 0 Å². The molecule has 1 aromatic heterocycles. The second kappa shape index (κ2) is 13.6. The summed E-state index contributed by atoms with van der Waals surface area (Å²) in [5.74, 6) is 0.986. The van der Waals surface area contributed by atoms with E-state index in [1.54, 1.807) is 0 Å². The predicted octanol–water partition coefficient (Wildman–Crippen LogP) is 12.0. The molecule has 0 N–H and O–H groups in total. The van der Waals surface area contributed by atoms with E-state index in [0.29, 0.717) is 11.8 Å². The van der Waals surface area contributed by atoms with E-state index in [9.17, 15) is 0 Å². The minimum absolute atomic E-state index is 0.484. The number of hydrogen-bond acceptors (Lipinski definition) is 5. The quantitative estimate of drug-likeness (QED) is 0.158. The number of rotatable bonds is 9. The van der Waals surface area contributed by atoms with Gasteiger partial charge < -0.3 is 14.2 Å². The number of para-hydroxylation sites is 3. The fraction of sp³-hybridized carbons (Fsp3) is 0. The highest BCUT2D eigenvalue weighted by Crippen LogP contribution is 2.42. The summed E-state index contributed by atoms with van der Waals surface area (Å²) in [5.41, 5.74) is 10.5. The average Bonchev–Trinajstić information content (AvgIpc) is 3.69. The Balaban J connectivity index is 1.16. The number of anilines is 6. The summed E-state index contributed by atoms with van der Waals surface area (Å²) in [4.78, 5) is 4.57. The molecule has 5 heteroatoms. The summed E-state index contributed by atoms with van der Waals surface area (Å²) in [6.45, 7) is 0. The van der Waals surface area contributed by atoms with Crippen LogP contribution in [-0.2, 0) is 0 Å². The lowest BCUT2D eigenvalue weighted by atomic mass is 10.0. The maximum absolute atomic E-state index is 6.03. The average molecular weight is 633 g/mol. The molecule has 0 unspecified atom stereocenters. The van der Waals surface area contributed by atoms with Crippen molar-refractivity contribution < 1.29 is 4.42 Å². The first-order valence-corrected chi connectivity index (χ1v) is 16.3. The van der Waals surface area contributed by atoms with Crippen molar-refractivity contribution in [2.75, 3.05) is 9.80 Å². The Hall–Kier alpha value is -6.72. The second-order valence-electron chi connectivity index (χ2n) is 11.6. The van der Waals surface area contributed by atoms with Gasteiger partial charge in [-0.15, -0.1) is 10.2 Å². The van der Waals surface area contributed by atoms with Crippen LogP contribution in [0.25, 0.3) is 34.0 Å². The van der Waals surface area contributed by atoms with E-state index in [1.807, 2.05) is 48.5 Å². The predicted molar refractivity (Wildman–Crippen MR) is 200 cm³/mol. The molecule has 7 aromatic carbocycles. The molecular formula is C44H32N4O. The van der Waals surface area contributed by atoms with Gasteiger partial charge in [-0.1, -0.05) is 103 Å². The van der Waals surface area contributed by atoms with Crippen molar-refractivity contribution in [3.8, 4) is 34.0 Å². The molecule has 49 heavy (non-hydrogen) atoms. The summed E-state index contributed by atoms with van der Waals surface area (Å²) in [5, 5.41) is 8.59. The Morgan fingerprint density at radius 1 is 0.306 bits per heavy atom.